The Morgan fingerprint density at radius 1 is 0.589 bits per heavy atom. The molecule has 0 aromatic heterocycles. The number of hydrogen-bond donors (Lipinski definition) is 0. The lowest BCUT2D eigenvalue weighted by molar-refractivity contribution is 0.195. The van der Waals surface area contributed by atoms with Crippen LogP contribution in [0.1, 0.15) is 149 Å². The van der Waals surface area contributed by atoms with Crippen LogP contribution < -0.4 is 26.2 Å². The second kappa shape index (κ2) is 12.1. The molecular formula is C53H63BN2. The number of benzene rings is 5. The Balaban J connectivity index is 1.45. The van der Waals surface area contributed by atoms with Gasteiger partial charge >= 0.3 is 0 Å². The molecule has 288 valence electrons. The maximum atomic E-state index is 2.90. The Labute approximate surface area is 338 Å². The summed E-state index contributed by atoms with van der Waals surface area (Å²) in [4.78, 5) is 5.58. The molecule has 3 heteroatoms. The summed E-state index contributed by atoms with van der Waals surface area (Å²) in [5, 5.41) is 0. The van der Waals surface area contributed by atoms with Crippen molar-refractivity contribution in [2.45, 2.75) is 149 Å². The third-order valence-electron chi connectivity index (χ3n) is 14.6. The monoisotopic (exact) mass is 739 g/mol. The van der Waals surface area contributed by atoms with Gasteiger partial charge in [-0.2, -0.15) is 0 Å². The zero-order chi connectivity index (χ0) is 39.9. The fourth-order valence-electron chi connectivity index (χ4n) is 10.9. The Kier molecular flexibility index (Phi) is 8.10. The number of rotatable bonds is 3. The van der Waals surface area contributed by atoms with Crippen LogP contribution in [0.15, 0.2) is 91.0 Å². The van der Waals surface area contributed by atoms with E-state index in [0.717, 1.165) is 0 Å². The van der Waals surface area contributed by atoms with E-state index in [-0.39, 0.29) is 33.9 Å². The highest BCUT2D eigenvalue weighted by Gasteiger charge is 2.61. The summed E-state index contributed by atoms with van der Waals surface area (Å²) in [6.45, 7) is 31.5. The third-order valence-corrected chi connectivity index (χ3v) is 14.6. The van der Waals surface area contributed by atoms with E-state index in [1.807, 2.05) is 0 Å². The molecule has 9 rings (SSSR count). The van der Waals surface area contributed by atoms with Crippen LogP contribution in [-0.2, 0) is 21.7 Å². The average molecular weight is 739 g/mol. The van der Waals surface area contributed by atoms with Crippen LogP contribution in [0.5, 0.6) is 0 Å². The minimum atomic E-state index is -0.0187. The predicted molar refractivity (Wildman–Crippen MR) is 244 cm³/mol. The van der Waals surface area contributed by atoms with Gasteiger partial charge in [-0.15, -0.1) is 0 Å². The molecule has 5 aromatic rings. The molecular weight excluding hydrogens is 675 g/mol. The van der Waals surface area contributed by atoms with Gasteiger partial charge in [0.2, 0.25) is 0 Å². The maximum absolute atomic E-state index is 2.90. The topological polar surface area (TPSA) is 6.48 Å². The first-order chi connectivity index (χ1) is 26.2. The van der Waals surface area contributed by atoms with Gasteiger partial charge in [-0.25, -0.2) is 0 Å². The summed E-state index contributed by atoms with van der Waals surface area (Å²) < 4.78 is 0. The molecule has 5 aromatic carbocycles. The molecule has 1 saturated carbocycles. The molecule has 0 spiro atoms. The molecule has 2 nitrogen and oxygen atoms in total. The second-order valence-electron chi connectivity index (χ2n) is 21.6. The Morgan fingerprint density at radius 3 is 1.82 bits per heavy atom. The predicted octanol–water partition coefficient (Wildman–Crippen LogP) is 12.7. The average Bonchev–Trinajstić information content (AvgIpc) is 3.35. The van der Waals surface area contributed by atoms with Crippen molar-refractivity contribution in [2.75, 3.05) is 9.80 Å². The van der Waals surface area contributed by atoms with Crippen molar-refractivity contribution < 1.29 is 0 Å². The zero-order valence-corrected chi connectivity index (χ0v) is 36.5. The number of nitrogens with zero attached hydrogens (tertiary/aromatic N) is 2. The van der Waals surface area contributed by atoms with Crippen molar-refractivity contribution in [3.63, 3.8) is 0 Å². The Hall–Kier alpha value is -4.24. The van der Waals surface area contributed by atoms with Crippen molar-refractivity contribution >= 4 is 51.5 Å². The molecule has 2 atom stereocenters. The first kappa shape index (κ1) is 37.3. The van der Waals surface area contributed by atoms with Crippen molar-refractivity contribution in [1.82, 2.24) is 0 Å². The molecule has 0 saturated heterocycles. The maximum Gasteiger partial charge on any atom is 0.252 e. The number of hydrogen-bond acceptors (Lipinski definition) is 2. The van der Waals surface area contributed by atoms with E-state index in [2.05, 4.69) is 191 Å². The van der Waals surface area contributed by atoms with Crippen molar-refractivity contribution in [3.05, 3.63) is 119 Å². The summed E-state index contributed by atoms with van der Waals surface area (Å²) in [5.41, 5.74) is 21.1. The van der Waals surface area contributed by atoms with E-state index in [0.29, 0.717) is 5.92 Å². The minimum absolute atomic E-state index is 0.0137. The van der Waals surface area contributed by atoms with Gasteiger partial charge in [0.1, 0.15) is 0 Å². The smallest absolute Gasteiger partial charge is 0.252 e. The highest BCUT2D eigenvalue weighted by molar-refractivity contribution is 7.00. The van der Waals surface area contributed by atoms with Gasteiger partial charge < -0.3 is 9.80 Å². The van der Waals surface area contributed by atoms with E-state index in [1.165, 1.54) is 104 Å². The van der Waals surface area contributed by atoms with E-state index in [4.69, 9.17) is 0 Å². The third kappa shape index (κ3) is 5.28. The molecule has 3 heterocycles. The van der Waals surface area contributed by atoms with Crippen LogP contribution in [-0.4, -0.2) is 12.3 Å². The Bertz CT molecular complexity index is 2400. The molecule has 0 bridgehead atoms. The lowest BCUT2D eigenvalue weighted by Crippen LogP contribution is -2.64. The summed E-state index contributed by atoms with van der Waals surface area (Å²) in [5.74, 6) is 0.385. The molecule has 1 fully saturated rings. The standard InChI is InChI=1S/C53H63BN2/c1-33(2)35-27-45-47-46(28-35)56-48-40(52(12)25-17-18-26-53(52,56)13)30-38(51(9,10)11)32-42(48)54(47)41-31-37(50(6,7)8)22-24-44(41)55(45)43-23-21-36(49(3,4)5)29-39(43)34-19-15-14-16-20-34/h14-16,19-24,27-33H,17-18,25-26H2,1-13H3/t52?,53-/m0/s1. The van der Waals surface area contributed by atoms with E-state index in [1.54, 1.807) is 5.56 Å². The van der Waals surface area contributed by atoms with E-state index >= 15 is 0 Å². The fraction of sp³-hybridized carbons (Fsp3) is 0.434. The van der Waals surface area contributed by atoms with Gasteiger partial charge in [0, 0.05) is 33.7 Å². The summed E-state index contributed by atoms with van der Waals surface area (Å²) in [7, 11) is 0. The van der Waals surface area contributed by atoms with Gasteiger partial charge in [-0.05, 0) is 122 Å². The van der Waals surface area contributed by atoms with E-state index < -0.39 is 0 Å². The lowest BCUT2D eigenvalue weighted by Gasteiger charge is -2.53. The number of anilines is 5. The van der Waals surface area contributed by atoms with Crippen LogP contribution >= 0.6 is 0 Å². The highest BCUT2D eigenvalue weighted by Crippen LogP contribution is 2.62. The lowest BCUT2D eigenvalue weighted by atomic mass is 9.33. The molecule has 4 aliphatic rings. The Morgan fingerprint density at radius 2 is 1.18 bits per heavy atom. The van der Waals surface area contributed by atoms with Gasteiger partial charge in [-0.3, -0.25) is 0 Å². The van der Waals surface area contributed by atoms with Gasteiger partial charge in [0.25, 0.3) is 6.71 Å². The molecule has 56 heavy (non-hydrogen) atoms. The zero-order valence-electron chi connectivity index (χ0n) is 36.5. The van der Waals surface area contributed by atoms with Crippen LogP contribution in [0.2, 0.25) is 0 Å². The van der Waals surface area contributed by atoms with Gasteiger partial charge in [0.05, 0.1) is 11.2 Å². The summed E-state index contributed by atoms with van der Waals surface area (Å²) >= 11 is 0. The van der Waals surface area contributed by atoms with Crippen molar-refractivity contribution in [2.24, 2.45) is 0 Å². The van der Waals surface area contributed by atoms with E-state index in [9.17, 15) is 0 Å². The van der Waals surface area contributed by atoms with Crippen LogP contribution in [0, 0.1) is 0 Å². The SMILES string of the molecule is CC(C)c1cc2c3c(c1)N1c4c(cc(C(C)(C)C)cc4C4(C)CCCC[C@]14C)B3c1cc(C(C)(C)C)ccc1N2c1ccc(C(C)(C)C)cc1-c1ccccc1. The quantitative estimate of drug-likeness (QED) is 0.167. The molecule has 1 aliphatic carbocycles. The normalized spacial score (nSPS) is 21.2. The molecule has 0 radical (unpaired) electrons. The first-order valence-electron chi connectivity index (χ1n) is 21.6. The minimum Gasteiger partial charge on any atom is -0.335 e. The van der Waals surface area contributed by atoms with Crippen molar-refractivity contribution in [1.29, 1.82) is 0 Å². The van der Waals surface area contributed by atoms with Crippen LogP contribution in [0.4, 0.5) is 28.4 Å². The number of fused-ring (bicyclic) bond motifs is 7. The molecule has 0 N–H and O–H groups in total. The molecule has 1 unspecified atom stereocenters. The molecule has 0 amide bonds. The highest BCUT2D eigenvalue weighted by atomic mass is 15.3. The summed E-state index contributed by atoms with van der Waals surface area (Å²) in [6.07, 6.45) is 5.00. The first-order valence-corrected chi connectivity index (χ1v) is 21.6. The second-order valence-corrected chi connectivity index (χ2v) is 21.6. The van der Waals surface area contributed by atoms with Gasteiger partial charge in [-0.1, -0.05) is 157 Å². The van der Waals surface area contributed by atoms with Gasteiger partial charge in [0.15, 0.2) is 0 Å². The van der Waals surface area contributed by atoms with Crippen molar-refractivity contribution in [3.8, 4) is 11.1 Å². The molecule has 3 aliphatic heterocycles. The largest absolute Gasteiger partial charge is 0.335 e. The van der Waals surface area contributed by atoms with Crippen LogP contribution in [0.3, 0.4) is 0 Å². The van der Waals surface area contributed by atoms with Crippen LogP contribution in [0.25, 0.3) is 11.1 Å². The summed E-state index contributed by atoms with van der Waals surface area (Å²) in [6, 6.07) is 36.4. The fourth-order valence-corrected chi connectivity index (χ4v) is 10.9.